The summed E-state index contributed by atoms with van der Waals surface area (Å²) in [5.74, 6) is 0.832. The van der Waals surface area contributed by atoms with Crippen molar-refractivity contribution in [2.75, 3.05) is 6.61 Å². The third-order valence-electron chi connectivity index (χ3n) is 9.35. The van der Waals surface area contributed by atoms with Crippen LogP contribution in [0.3, 0.4) is 0 Å². The third-order valence-corrected chi connectivity index (χ3v) is 9.35. The van der Waals surface area contributed by atoms with E-state index in [1.807, 2.05) is 6.07 Å². The SMILES string of the molecule is C=CC1CCC(C2CCC(c3ccc(-c4ccc(-c5ccc(C6CO6)c(F)c5F)cc4)c(F)c3)CC2)CC1. The highest BCUT2D eigenvalue weighted by molar-refractivity contribution is 5.71. The third kappa shape index (κ3) is 5.08. The Morgan fingerprint density at radius 3 is 1.84 bits per heavy atom. The topological polar surface area (TPSA) is 12.5 Å². The Hall–Kier alpha value is -2.85. The summed E-state index contributed by atoms with van der Waals surface area (Å²) in [4.78, 5) is 0. The molecule has 1 atom stereocenters. The van der Waals surface area contributed by atoms with Crippen LogP contribution >= 0.6 is 0 Å². The number of rotatable bonds is 6. The van der Waals surface area contributed by atoms with Crippen molar-refractivity contribution in [2.24, 2.45) is 17.8 Å². The number of hydrogen-bond donors (Lipinski definition) is 0. The van der Waals surface area contributed by atoms with Crippen molar-refractivity contribution in [1.82, 2.24) is 0 Å². The molecule has 3 aromatic rings. The quantitative estimate of drug-likeness (QED) is 0.235. The van der Waals surface area contributed by atoms with Crippen molar-refractivity contribution < 1.29 is 17.9 Å². The lowest BCUT2D eigenvalue weighted by atomic mass is 9.68. The number of benzene rings is 3. The van der Waals surface area contributed by atoms with Crippen LogP contribution in [0.2, 0.25) is 0 Å². The van der Waals surface area contributed by atoms with E-state index < -0.39 is 11.6 Å². The summed E-state index contributed by atoms with van der Waals surface area (Å²) >= 11 is 0. The lowest BCUT2D eigenvalue weighted by Crippen LogP contribution is -2.25. The monoisotopic (exact) mass is 516 g/mol. The average Bonchev–Trinajstić information content (AvgIpc) is 3.80. The van der Waals surface area contributed by atoms with Crippen LogP contribution < -0.4 is 0 Å². The van der Waals surface area contributed by atoms with Crippen molar-refractivity contribution in [2.45, 2.75) is 63.4 Å². The zero-order chi connectivity index (χ0) is 26.2. The predicted molar refractivity (Wildman–Crippen MR) is 146 cm³/mol. The Kier molecular flexibility index (Phi) is 7.18. The molecule has 0 amide bonds. The molecule has 0 N–H and O–H groups in total. The van der Waals surface area contributed by atoms with Crippen LogP contribution in [0.4, 0.5) is 13.2 Å². The molecule has 3 fully saturated rings. The van der Waals surface area contributed by atoms with E-state index in [1.54, 1.807) is 42.5 Å². The van der Waals surface area contributed by atoms with Gasteiger partial charge in [0, 0.05) is 16.7 Å². The molecule has 0 bridgehead atoms. The van der Waals surface area contributed by atoms with Gasteiger partial charge in [0.25, 0.3) is 0 Å². The highest BCUT2D eigenvalue weighted by Gasteiger charge is 2.32. The van der Waals surface area contributed by atoms with E-state index in [9.17, 15) is 8.78 Å². The molecule has 1 unspecified atom stereocenters. The highest BCUT2D eigenvalue weighted by atomic mass is 19.2. The van der Waals surface area contributed by atoms with Crippen LogP contribution in [0.15, 0.2) is 67.3 Å². The summed E-state index contributed by atoms with van der Waals surface area (Å²) in [6, 6.07) is 15.8. The fourth-order valence-electron chi connectivity index (χ4n) is 6.89. The van der Waals surface area contributed by atoms with Gasteiger partial charge in [0.1, 0.15) is 11.9 Å². The first-order valence-electron chi connectivity index (χ1n) is 14.1. The summed E-state index contributed by atoms with van der Waals surface area (Å²) in [5.41, 5.74) is 3.35. The first-order valence-corrected chi connectivity index (χ1v) is 14.1. The first-order chi connectivity index (χ1) is 18.5. The minimum atomic E-state index is -0.875. The normalized spacial score (nSPS) is 27.2. The van der Waals surface area contributed by atoms with Gasteiger partial charge in [-0.1, -0.05) is 54.6 Å². The second-order valence-electron chi connectivity index (χ2n) is 11.5. The largest absolute Gasteiger partial charge is 0.368 e. The van der Waals surface area contributed by atoms with Crippen LogP contribution in [0.1, 0.15) is 74.5 Å². The molecular formula is C34H35F3O. The lowest BCUT2D eigenvalue weighted by molar-refractivity contribution is 0.171. The molecule has 198 valence electrons. The van der Waals surface area contributed by atoms with Crippen molar-refractivity contribution >= 4 is 0 Å². The fraction of sp³-hybridized carbons (Fsp3) is 0.412. The van der Waals surface area contributed by atoms with Crippen LogP contribution in [-0.4, -0.2) is 6.61 Å². The van der Waals surface area contributed by atoms with Gasteiger partial charge in [-0.05, 0) is 97.8 Å². The first kappa shape index (κ1) is 25.4. The Morgan fingerprint density at radius 1 is 0.684 bits per heavy atom. The molecule has 1 saturated heterocycles. The Bertz CT molecular complexity index is 1290. The molecule has 1 heterocycles. The maximum Gasteiger partial charge on any atom is 0.167 e. The summed E-state index contributed by atoms with van der Waals surface area (Å²) in [5, 5.41) is 0. The van der Waals surface area contributed by atoms with E-state index in [2.05, 4.69) is 18.7 Å². The van der Waals surface area contributed by atoms with E-state index in [-0.39, 0.29) is 23.0 Å². The minimum absolute atomic E-state index is 0.193. The molecule has 3 aliphatic rings. The summed E-state index contributed by atoms with van der Waals surface area (Å²) in [6.45, 7) is 4.39. The van der Waals surface area contributed by atoms with Crippen LogP contribution in [0.5, 0.6) is 0 Å². The highest BCUT2D eigenvalue weighted by Crippen LogP contribution is 2.44. The number of halogens is 3. The Labute approximate surface area is 223 Å². The van der Waals surface area contributed by atoms with Crippen LogP contribution in [0.25, 0.3) is 22.3 Å². The number of hydrogen-bond acceptors (Lipinski definition) is 1. The minimum Gasteiger partial charge on any atom is -0.368 e. The van der Waals surface area contributed by atoms with Crippen molar-refractivity contribution in [3.8, 4) is 22.3 Å². The molecule has 0 aromatic heterocycles. The van der Waals surface area contributed by atoms with E-state index in [0.717, 1.165) is 35.8 Å². The second-order valence-corrected chi connectivity index (χ2v) is 11.5. The predicted octanol–water partition coefficient (Wildman–Crippen LogP) is 9.78. The Balaban J connectivity index is 1.11. The zero-order valence-corrected chi connectivity index (χ0v) is 21.8. The lowest BCUT2D eigenvalue weighted by Gasteiger charge is -2.37. The summed E-state index contributed by atoms with van der Waals surface area (Å²) in [7, 11) is 0. The molecule has 4 heteroatoms. The second kappa shape index (κ2) is 10.7. The molecular weight excluding hydrogens is 481 g/mol. The zero-order valence-electron chi connectivity index (χ0n) is 21.8. The maximum atomic E-state index is 15.3. The van der Waals surface area contributed by atoms with Gasteiger partial charge in [0.2, 0.25) is 0 Å². The standard InChI is InChI=1S/C34H35F3O/c1-2-21-3-5-22(6-4-21)23-7-9-24(10-8-23)27-15-16-28(31(35)19-27)25-11-13-26(14-12-25)29-17-18-30(32-20-38-32)34(37)33(29)36/h2,11-19,21-24,32H,1,3-10,20H2. The number of epoxide rings is 1. The molecule has 0 spiro atoms. The molecule has 3 aromatic carbocycles. The molecule has 38 heavy (non-hydrogen) atoms. The van der Waals surface area contributed by atoms with E-state index in [1.165, 1.54) is 38.5 Å². The average molecular weight is 517 g/mol. The van der Waals surface area contributed by atoms with Gasteiger partial charge in [-0.25, -0.2) is 13.2 Å². The number of ether oxygens (including phenoxy) is 1. The molecule has 0 radical (unpaired) electrons. The fourth-order valence-corrected chi connectivity index (χ4v) is 6.89. The molecule has 2 saturated carbocycles. The van der Waals surface area contributed by atoms with E-state index >= 15 is 4.39 Å². The van der Waals surface area contributed by atoms with Gasteiger partial charge in [-0.2, -0.15) is 0 Å². The number of allylic oxidation sites excluding steroid dienone is 1. The van der Waals surface area contributed by atoms with E-state index in [4.69, 9.17) is 4.74 Å². The van der Waals surface area contributed by atoms with Crippen LogP contribution in [-0.2, 0) is 4.74 Å². The van der Waals surface area contributed by atoms with Crippen molar-refractivity contribution in [3.05, 3.63) is 95.8 Å². The van der Waals surface area contributed by atoms with Gasteiger partial charge in [0.05, 0.1) is 6.61 Å². The van der Waals surface area contributed by atoms with Gasteiger partial charge in [0.15, 0.2) is 11.6 Å². The molecule has 1 nitrogen and oxygen atoms in total. The van der Waals surface area contributed by atoms with E-state index in [0.29, 0.717) is 29.6 Å². The Morgan fingerprint density at radius 2 is 1.26 bits per heavy atom. The van der Waals surface area contributed by atoms with Gasteiger partial charge < -0.3 is 4.74 Å². The molecule has 1 aliphatic heterocycles. The smallest absolute Gasteiger partial charge is 0.167 e. The van der Waals surface area contributed by atoms with Crippen molar-refractivity contribution in [3.63, 3.8) is 0 Å². The van der Waals surface area contributed by atoms with Crippen LogP contribution in [0, 0.1) is 35.2 Å². The van der Waals surface area contributed by atoms with Gasteiger partial charge in [-0.15, -0.1) is 6.58 Å². The van der Waals surface area contributed by atoms with Gasteiger partial charge >= 0.3 is 0 Å². The summed E-state index contributed by atoms with van der Waals surface area (Å²) in [6.07, 6.45) is 11.8. The maximum absolute atomic E-state index is 15.3. The van der Waals surface area contributed by atoms with Gasteiger partial charge in [-0.3, -0.25) is 0 Å². The summed E-state index contributed by atoms with van der Waals surface area (Å²) < 4.78 is 49.5. The molecule has 6 rings (SSSR count). The molecule has 2 aliphatic carbocycles. The van der Waals surface area contributed by atoms with Crippen molar-refractivity contribution in [1.29, 1.82) is 0 Å².